The second kappa shape index (κ2) is 19.8. The Morgan fingerprint density at radius 1 is 0.702 bits per heavy atom. The maximum atomic E-state index is 14.1. The third-order valence-electron chi connectivity index (χ3n) is 9.03. The highest BCUT2D eigenvalue weighted by Gasteiger charge is 2.47. The van der Waals surface area contributed by atoms with Crippen molar-refractivity contribution in [3.8, 4) is 17.6 Å². The standard InChI is InChI=1S/C42H57N3O8S4/c1-12-15-17-44-36(48)29(37(49)45(44)18-16-13-2)40-56-34-30(52-27(46)19-24(4)21-41(6,7)8)32-33(55-39(54-32)26(23-43)38(50)51-14-3)31(35(34)57-40)53-28(47)20-25(5)22-42(9,10)11/h24-25H,12-22H2,1-11H3. The number of carbonyl (C=O) groups excluding carboxylic acids is 5. The number of rotatable bonds is 16. The predicted molar refractivity (Wildman–Crippen MR) is 226 cm³/mol. The average molecular weight is 860 g/mol. The Kier molecular flexibility index (Phi) is 16.2. The molecule has 2 amide bonds. The largest absolute Gasteiger partial charge is 0.462 e. The Morgan fingerprint density at radius 2 is 1.11 bits per heavy atom. The quantitative estimate of drug-likeness (QED) is 0.0512. The van der Waals surface area contributed by atoms with Gasteiger partial charge in [0.2, 0.25) is 0 Å². The minimum Gasteiger partial charge on any atom is -0.462 e. The molecule has 3 aliphatic rings. The van der Waals surface area contributed by atoms with Gasteiger partial charge in [0.1, 0.15) is 11.6 Å². The van der Waals surface area contributed by atoms with Crippen LogP contribution in [0.15, 0.2) is 39.2 Å². The predicted octanol–water partition coefficient (Wildman–Crippen LogP) is 10.5. The van der Waals surface area contributed by atoms with Crippen LogP contribution in [0.4, 0.5) is 0 Å². The van der Waals surface area contributed by atoms with Gasteiger partial charge in [-0.2, -0.15) is 5.26 Å². The average Bonchev–Trinajstić information content (AvgIpc) is 3.77. The first-order chi connectivity index (χ1) is 26.7. The molecule has 3 heterocycles. The molecule has 0 aliphatic carbocycles. The summed E-state index contributed by atoms with van der Waals surface area (Å²) >= 11 is 4.40. The van der Waals surface area contributed by atoms with Crippen molar-refractivity contribution in [3.63, 3.8) is 0 Å². The van der Waals surface area contributed by atoms with Crippen molar-refractivity contribution < 1.29 is 38.2 Å². The van der Waals surface area contributed by atoms with Crippen LogP contribution in [-0.2, 0) is 28.7 Å². The number of hydrogen-bond donors (Lipinski definition) is 0. The number of nitriles is 1. The van der Waals surface area contributed by atoms with E-state index in [9.17, 15) is 29.2 Å². The molecule has 1 fully saturated rings. The molecule has 11 nitrogen and oxygen atoms in total. The highest BCUT2D eigenvalue weighted by Crippen LogP contribution is 2.68. The summed E-state index contributed by atoms with van der Waals surface area (Å²) in [5.74, 6) is -2.23. The molecule has 1 saturated heterocycles. The molecular formula is C42H57N3O8S4. The van der Waals surface area contributed by atoms with Gasteiger partial charge in [0.25, 0.3) is 11.8 Å². The van der Waals surface area contributed by atoms with E-state index < -0.39 is 29.7 Å². The topological polar surface area (TPSA) is 143 Å². The number of thioether (sulfide) groups is 4. The summed E-state index contributed by atoms with van der Waals surface area (Å²) in [6, 6.07) is 1.97. The summed E-state index contributed by atoms with van der Waals surface area (Å²) in [6.45, 7) is 23.2. The Bertz CT molecular complexity index is 1760. The molecule has 312 valence electrons. The van der Waals surface area contributed by atoms with Crippen LogP contribution >= 0.6 is 47.0 Å². The van der Waals surface area contributed by atoms with Gasteiger partial charge in [-0.1, -0.05) is 129 Å². The van der Waals surface area contributed by atoms with E-state index >= 15 is 0 Å². The summed E-state index contributed by atoms with van der Waals surface area (Å²) in [4.78, 5) is 70.4. The van der Waals surface area contributed by atoms with E-state index in [4.69, 9.17) is 14.2 Å². The molecule has 0 aromatic heterocycles. The van der Waals surface area contributed by atoms with Crippen molar-refractivity contribution in [3.05, 3.63) is 19.6 Å². The fourth-order valence-corrected chi connectivity index (χ4v) is 12.5. The summed E-state index contributed by atoms with van der Waals surface area (Å²) in [7, 11) is 0. The number of carbonyl (C=O) groups is 5. The lowest BCUT2D eigenvalue weighted by Crippen LogP contribution is -2.42. The molecule has 2 atom stereocenters. The van der Waals surface area contributed by atoms with Crippen molar-refractivity contribution in [2.45, 2.75) is 147 Å². The molecule has 1 aromatic carbocycles. The van der Waals surface area contributed by atoms with Crippen molar-refractivity contribution in [2.24, 2.45) is 22.7 Å². The number of amides is 2. The maximum Gasteiger partial charge on any atom is 0.350 e. The first kappa shape index (κ1) is 46.6. The SMILES string of the molecule is CCCCN1C(=O)C(=C2Sc3c(OC(=O)CC(C)CC(C)(C)C)c4c(c(OC(=O)CC(C)CC(C)(C)C)c3S2)SC(=C(C#N)C(=O)OCC)S4)C(=O)N1CCCC. The molecule has 0 spiro atoms. The summed E-state index contributed by atoms with van der Waals surface area (Å²) < 4.78 is 18.4. The van der Waals surface area contributed by atoms with Gasteiger partial charge >= 0.3 is 17.9 Å². The lowest BCUT2D eigenvalue weighted by atomic mass is 9.84. The first-order valence-electron chi connectivity index (χ1n) is 19.8. The molecular weight excluding hydrogens is 803 g/mol. The van der Waals surface area contributed by atoms with E-state index in [0.29, 0.717) is 41.1 Å². The Labute approximate surface area is 355 Å². The third kappa shape index (κ3) is 11.8. The lowest BCUT2D eigenvalue weighted by Gasteiger charge is -2.27. The fourth-order valence-electron chi connectivity index (χ4n) is 7.09. The number of benzene rings is 1. The molecule has 1 aromatic rings. The Morgan fingerprint density at radius 3 is 1.46 bits per heavy atom. The number of hydrazine groups is 1. The van der Waals surface area contributed by atoms with Crippen LogP contribution in [0.3, 0.4) is 0 Å². The molecule has 4 rings (SSSR count). The van der Waals surface area contributed by atoms with Gasteiger partial charge in [-0.05, 0) is 55.3 Å². The van der Waals surface area contributed by atoms with Gasteiger partial charge in [-0.15, -0.1) is 0 Å². The smallest absolute Gasteiger partial charge is 0.350 e. The molecule has 0 saturated carbocycles. The minimum atomic E-state index is -0.797. The number of fused-ring (bicyclic) bond motifs is 2. The zero-order valence-electron chi connectivity index (χ0n) is 35.2. The van der Waals surface area contributed by atoms with E-state index in [1.807, 2.05) is 33.8 Å². The Hall–Kier alpha value is -3.06. The van der Waals surface area contributed by atoms with E-state index in [1.54, 1.807) is 6.92 Å². The van der Waals surface area contributed by atoms with Gasteiger partial charge in [0.15, 0.2) is 17.1 Å². The van der Waals surface area contributed by atoms with Crippen LogP contribution < -0.4 is 9.47 Å². The van der Waals surface area contributed by atoms with Gasteiger partial charge in [-0.25, -0.2) is 14.8 Å². The van der Waals surface area contributed by atoms with Gasteiger partial charge in [-0.3, -0.25) is 19.2 Å². The number of esters is 3. The number of ether oxygens (including phenoxy) is 3. The van der Waals surface area contributed by atoms with E-state index in [1.165, 1.54) is 10.0 Å². The summed E-state index contributed by atoms with van der Waals surface area (Å²) in [6.07, 6.45) is 4.92. The van der Waals surface area contributed by atoms with Crippen LogP contribution in [0.1, 0.15) is 128 Å². The lowest BCUT2D eigenvalue weighted by molar-refractivity contribution is -0.147. The van der Waals surface area contributed by atoms with Crippen LogP contribution in [-0.4, -0.2) is 59.4 Å². The highest BCUT2D eigenvalue weighted by molar-refractivity contribution is 8.26. The maximum absolute atomic E-state index is 14.1. The third-order valence-corrected chi connectivity index (χ3v) is 14.2. The molecule has 2 unspecified atom stereocenters. The first-order valence-corrected chi connectivity index (χ1v) is 23.1. The van der Waals surface area contributed by atoms with Gasteiger partial charge in [0, 0.05) is 25.9 Å². The van der Waals surface area contributed by atoms with E-state index in [0.717, 1.165) is 85.6 Å². The summed E-state index contributed by atoms with van der Waals surface area (Å²) in [5, 5.41) is 13.2. The van der Waals surface area contributed by atoms with Crippen molar-refractivity contribution in [1.29, 1.82) is 5.26 Å². The van der Waals surface area contributed by atoms with Crippen LogP contribution in [0.25, 0.3) is 0 Å². The molecule has 3 aliphatic heterocycles. The van der Waals surface area contributed by atoms with Gasteiger partial charge < -0.3 is 14.2 Å². The number of unbranched alkanes of at least 4 members (excludes halogenated alkanes) is 2. The van der Waals surface area contributed by atoms with Crippen molar-refractivity contribution in [1.82, 2.24) is 10.0 Å². The zero-order chi connectivity index (χ0) is 42.4. The minimum absolute atomic E-state index is 0.00273. The normalized spacial score (nSPS) is 16.4. The monoisotopic (exact) mass is 859 g/mol. The molecule has 0 bridgehead atoms. The van der Waals surface area contributed by atoms with Crippen LogP contribution in [0, 0.1) is 34.0 Å². The number of hydrogen-bond acceptors (Lipinski definition) is 13. The molecule has 0 radical (unpaired) electrons. The second-order valence-corrected chi connectivity index (χ2v) is 21.8. The fraction of sp³-hybridized carbons (Fsp3) is 0.619. The van der Waals surface area contributed by atoms with E-state index in [-0.39, 0.29) is 64.8 Å². The van der Waals surface area contributed by atoms with Gasteiger partial charge in [0.05, 0.1) is 34.7 Å². The Balaban J connectivity index is 1.92. The van der Waals surface area contributed by atoms with Crippen LogP contribution in [0.5, 0.6) is 11.5 Å². The summed E-state index contributed by atoms with van der Waals surface area (Å²) in [5.41, 5.74) is -0.236. The zero-order valence-corrected chi connectivity index (χ0v) is 38.4. The van der Waals surface area contributed by atoms with Crippen LogP contribution in [0.2, 0.25) is 0 Å². The molecule has 0 N–H and O–H groups in total. The highest BCUT2D eigenvalue weighted by atomic mass is 32.2. The number of nitrogens with zero attached hydrogens (tertiary/aromatic N) is 3. The second-order valence-electron chi connectivity index (χ2n) is 17.2. The van der Waals surface area contributed by atoms with Crippen molar-refractivity contribution >= 4 is 76.8 Å². The van der Waals surface area contributed by atoms with E-state index in [2.05, 4.69) is 41.5 Å². The van der Waals surface area contributed by atoms with Crippen molar-refractivity contribution in [2.75, 3.05) is 19.7 Å². The molecule has 15 heteroatoms. The molecule has 57 heavy (non-hydrogen) atoms.